The Hall–Kier alpha value is -0.0900. The van der Waals surface area contributed by atoms with E-state index in [4.69, 9.17) is 0 Å². The van der Waals surface area contributed by atoms with Crippen LogP contribution in [-0.2, 0) is 9.84 Å². The second-order valence-electron chi connectivity index (χ2n) is 2.02. The summed E-state index contributed by atoms with van der Waals surface area (Å²) in [5, 5.41) is 2.33. The van der Waals surface area contributed by atoms with Crippen molar-refractivity contribution in [3.05, 3.63) is 0 Å². The molecule has 0 aliphatic rings. The van der Waals surface area contributed by atoms with Gasteiger partial charge in [0.1, 0.15) is 5.37 Å². The summed E-state index contributed by atoms with van der Waals surface area (Å²) in [5.41, 5.74) is 0. The zero-order valence-electron chi connectivity index (χ0n) is 6.01. The number of nitrogens with one attached hydrogen (secondary N) is 1. The van der Waals surface area contributed by atoms with E-state index >= 15 is 0 Å². The monoisotopic (exact) mass is 151 g/mol. The molecule has 56 valence electrons. The number of hydrogen-bond acceptors (Lipinski definition) is 3. The SMILES string of the molecule is CCC(NC)S(C)(=O)=O. The minimum Gasteiger partial charge on any atom is -0.304 e. The van der Waals surface area contributed by atoms with Gasteiger partial charge in [-0.25, -0.2) is 8.42 Å². The van der Waals surface area contributed by atoms with Gasteiger partial charge in [-0.05, 0) is 13.5 Å². The number of hydrogen-bond donors (Lipinski definition) is 1. The molecule has 0 amide bonds. The first-order valence-electron chi connectivity index (χ1n) is 2.88. The van der Waals surface area contributed by atoms with Crippen molar-refractivity contribution in [2.24, 2.45) is 0 Å². The molecule has 1 atom stereocenters. The van der Waals surface area contributed by atoms with Crippen LogP contribution in [0.5, 0.6) is 0 Å². The van der Waals surface area contributed by atoms with E-state index in [-0.39, 0.29) is 5.37 Å². The Balaban J connectivity index is 4.14. The molecule has 1 N–H and O–H groups in total. The molecule has 9 heavy (non-hydrogen) atoms. The summed E-state index contributed by atoms with van der Waals surface area (Å²) in [6.07, 6.45) is 1.85. The van der Waals surface area contributed by atoms with Crippen LogP contribution in [0.4, 0.5) is 0 Å². The Bertz CT molecular complexity index is 158. The first-order valence-corrected chi connectivity index (χ1v) is 4.84. The van der Waals surface area contributed by atoms with Crippen LogP contribution in [0, 0.1) is 0 Å². The highest BCUT2D eigenvalue weighted by Gasteiger charge is 2.14. The fraction of sp³-hybridized carbons (Fsp3) is 1.00. The van der Waals surface area contributed by atoms with E-state index in [0.717, 1.165) is 0 Å². The third-order valence-corrected chi connectivity index (χ3v) is 2.81. The van der Waals surface area contributed by atoms with Crippen LogP contribution in [0.3, 0.4) is 0 Å². The summed E-state index contributed by atoms with van der Waals surface area (Å²) in [4.78, 5) is 0. The summed E-state index contributed by atoms with van der Waals surface area (Å²) >= 11 is 0. The minimum absolute atomic E-state index is 0.377. The van der Waals surface area contributed by atoms with Crippen LogP contribution in [-0.4, -0.2) is 27.1 Å². The van der Waals surface area contributed by atoms with Crippen molar-refractivity contribution in [1.82, 2.24) is 5.32 Å². The summed E-state index contributed by atoms with van der Waals surface area (Å²) in [7, 11) is -1.23. The summed E-state index contributed by atoms with van der Waals surface area (Å²) in [6, 6.07) is 0. The smallest absolute Gasteiger partial charge is 0.163 e. The molecule has 0 heterocycles. The first kappa shape index (κ1) is 8.91. The van der Waals surface area contributed by atoms with Gasteiger partial charge < -0.3 is 5.32 Å². The number of sulfone groups is 1. The van der Waals surface area contributed by atoms with Crippen LogP contribution >= 0.6 is 0 Å². The Kier molecular flexibility index (Phi) is 3.14. The molecule has 0 radical (unpaired) electrons. The van der Waals surface area contributed by atoms with Gasteiger partial charge in [-0.2, -0.15) is 0 Å². The van der Waals surface area contributed by atoms with E-state index in [1.54, 1.807) is 7.05 Å². The lowest BCUT2D eigenvalue weighted by atomic mass is 10.5. The molecule has 0 saturated heterocycles. The van der Waals surface area contributed by atoms with Crippen molar-refractivity contribution < 1.29 is 8.42 Å². The van der Waals surface area contributed by atoms with Crippen molar-refractivity contribution in [3.63, 3.8) is 0 Å². The predicted molar refractivity (Wildman–Crippen MR) is 38.0 cm³/mol. The van der Waals surface area contributed by atoms with E-state index in [1.807, 2.05) is 6.92 Å². The molecule has 0 saturated carbocycles. The first-order chi connectivity index (χ1) is 4.02. The molecule has 0 bridgehead atoms. The molecule has 3 nitrogen and oxygen atoms in total. The molecule has 4 heteroatoms. The zero-order valence-corrected chi connectivity index (χ0v) is 6.83. The highest BCUT2D eigenvalue weighted by atomic mass is 32.2. The highest BCUT2D eigenvalue weighted by molar-refractivity contribution is 7.91. The molecular weight excluding hydrogens is 138 g/mol. The molecule has 0 aliphatic carbocycles. The highest BCUT2D eigenvalue weighted by Crippen LogP contribution is 1.97. The van der Waals surface area contributed by atoms with Gasteiger partial charge in [-0.1, -0.05) is 6.92 Å². The summed E-state index contributed by atoms with van der Waals surface area (Å²) in [5.74, 6) is 0. The molecule has 0 aromatic heterocycles. The standard InChI is InChI=1S/C5H13NO2S/c1-4-5(6-2)9(3,7)8/h5-6H,4H2,1-3H3. The van der Waals surface area contributed by atoms with Crippen LogP contribution in [0.1, 0.15) is 13.3 Å². The van der Waals surface area contributed by atoms with Gasteiger partial charge in [0.05, 0.1) is 0 Å². The molecule has 0 rings (SSSR count). The lowest BCUT2D eigenvalue weighted by molar-refractivity contribution is 0.565. The second kappa shape index (κ2) is 3.17. The maximum absolute atomic E-state index is 10.7. The molecule has 1 unspecified atom stereocenters. The van der Waals surface area contributed by atoms with E-state index in [1.165, 1.54) is 6.26 Å². The molecule has 0 aromatic rings. The Morgan fingerprint density at radius 1 is 1.56 bits per heavy atom. The molecule has 0 spiro atoms. The Labute approximate surface area is 56.4 Å². The Morgan fingerprint density at radius 2 is 2.00 bits per heavy atom. The van der Waals surface area contributed by atoms with Crippen LogP contribution in [0.2, 0.25) is 0 Å². The average Bonchev–Trinajstić information content (AvgIpc) is 1.65. The normalized spacial score (nSPS) is 15.4. The van der Waals surface area contributed by atoms with Gasteiger partial charge in [-0.3, -0.25) is 0 Å². The summed E-state index contributed by atoms with van der Waals surface area (Å²) < 4.78 is 21.5. The van der Waals surface area contributed by atoms with Gasteiger partial charge in [0.25, 0.3) is 0 Å². The van der Waals surface area contributed by atoms with Gasteiger partial charge in [-0.15, -0.1) is 0 Å². The quantitative estimate of drug-likeness (QED) is 0.617. The molecule has 0 aromatic carbocycles. The van der Waals surface area contributed by atoms with Crippen LogP contribution in [0.15, 0.2) is 0 Å². The van der Waals surface area contributed by atoms with Crippen molar-refractivity contribution >= 4 is 9.84 Å². The van der Waals surface area contributed by atoms with Gasteiger partial charge in [0.2, 0.25) is 0 Å². The van der Waals surface area contributed by atoms with Gasteiger partial charge in [0, 0.05) is 6.26 Å². The maximum Gasteiger partial charge on any atom is 0.163 e. The van der Waals surface area contributed by atoms with Gasteiger partial charge >= 0.3 is 0 Å². The lowest BCUT2D eigenvalue weighted by Gasteiger charge is -2.09. The van der Waals surface area contributed by atoms with Gasteiger partial charge in [0.15, 0.2) is 9.84 Å². The van der Waals surface area contributed by atoms with Crippen LogP contribution < -0.4 is 5.32 Å². The third-order valence-electron chi connectivity index (χ3n) is 1.21. The Morgan fingerprint density at radius 3 is 2.00 bits per heavy atom. The third kappa shape index (κ3) is 2.81. The minimum atomic E-state index is -2.88. The van der Waals surface area contributed by atoms with Crippen molar-refractivity contribution in [2.45, 2.75) is 18.7 Å². The largest absolute Gasteiger partial charge is 0.304 e. The molecular formula is C5H13NO2S. The van der Waals surface area contributed by atoms with E-state index in [9.17, 15) is 8.42 Å². The van der Waals surface area contributed by atoms with E-state index < -0.39 is 9.84 Å². The molecule has 0 fully saturated rings. The second-order valence-corrected chi connectivity index (χ2v) is 4.24. The fourth-order valence-corrected chi connectivity index (χ4v) is 1.75. The topological polar surface area (TPSA) is 46.2 Å². The molecule has 0 aliphatic heterocycles. The maximum atomic E-state index is 10.7. The summed E-state index contributed by atoms with van der Waals surface area (Å²) in [6.45, 7) is 1.84. The van der Waals surface area contributed by atoms with Crippen molar-refractivity contribution in [2.75, 3.05) is 13.3 Å². The fourth-order valence-electron chi connectivity index (χ4n) is 0.721. The zero-order chi connectivity index (χ0) is 7.49. The lowest BCUT2D eigenvalue weighted by Crippen LogP contribution is -2.32. The van der Waals surface area contributed by atoms with Crippen molar-refractivity contribution in [3.8, 4) is 0 Å². The van der Waals surface area contributed by atoms with Crippen molar-refractivity contribution in [1.29, 1.82) is 0 Å². The predicted octanol–water partition coefficient (Wildman–Crippen LogP) is -0.0135. The number of rotatable bonds is 3. The van der Waals surface area contributed by atoms with E-state index in [2.05, 4.69) is 5.32 Å². The van der Waals surface area contributed by atoms with E-state index in [0.29, 0.717) is 6.42 Å². The van der Waals surface area contributed by atoms with Crippen LogP contribution in [0.25, 0.3) is 0 Å². The average molecular weight is 151 g/mol.